The first-order valence-corrected chi connectivity index (χ1v) is 6.69. The van der Waals surface area contributed by atoms with Gasteiger partial charge in [0, 0.05) is 25.2 Å². The van der Waals surface area contributed by atoms with Crippen molar-refractivity contribution in [2.45, 2.75) is 6.42 Å². The second-order valence-electron chi connectivity index (χ2n) is 4.44. The summed E-state index contributed by atoms with van der Waals surface area (Å²) in [5.41, 5.74) is 0.479. The molecule has 0 amide bonds. The monoisotopic (exact) mass is 268 g/mol. The molecule has 0 unspecified atom stereocenters. The van der Waals surface area contributed by atoms with Crippen molar-refractivity contribution in [3.05, 3.63) is 40.7 Å². The maximum Gasteiger partial charge on any atom is 0.131 e. The van der Waals surface area contributed by atoms with Gasteiger partial charge in [0.1, 0.15) is 5.82 Å². The van der Waals surface area contributed by atoms with Crippen LogP contribution in [0.4, 0.5) is 4.39 Å². The molecule has 2 nitrogen and oxygen atoms in total. The van der Waals surface area contributed by atoms with Gasteiger partial charge in [-0.3, -0.25) is 4.90 Å². The van der Waals surface area contributed by atoms with E-state index in [1.807, 2.05) is 6.08 Å². The molecule has 98 valence electrons. The molecule has 0 saturated carbocycles. The Morgan fingerprint density at radius 3 is 3.06 bits per heavy atom. The van der Waals surface area contributed by atoms with Crippen molar-refractivity contribution in [2.24, 2.45) is 0 Å². The molecule has 4 heteroatoms. The average Bonchev–Trinajstić information content (AvgIpc) is 2.61. The predicted octanol–water partition coefficient (Wildman–Crippen LogP) is 2.79. The minimum Gasteiger partial charge on any atom is -0.315 e. The Morgan fingerprint density at radius 2 is 2.22 bits per heavy atom. The molecule has 1 aliphatic rings. The van der Waals surface area contributed by atoms with Gasteiger partial charge in [-0.05, 0) is 31.6 Å². The van der Waals surface area contributed by atoms with Crippen LogP contribution in [0.2, 0.25) is 5.02 Å². The third kappa shape index (κ3) is 3.80. The highest BCUT2D eigenvalue weighted by Gasteiger charge is 2.07. The van der Waals surface area contributed by atoms with E-state index in [2.05, 4.69) is 10.2 Å². The highest BCUT2D eigenvalue weighted by atomic mass is 35.5. The molecular formula is C14H18ClFN2. The fourth-order valence-corrected chi connectivity index (χ4v) is 2.30. The van der Waals surface area contributed by atoms with Crippen molar-refractivity contribution in [3.8, 4) is 0 Å². The molecular weight excluding hydrogens is 251 g/mol. The lowest BCUT2D eigenvalue weighted by Gasteiger charge is -2.16. The minimum atomic E-state index is -0.267. The van der Waals surface area contributed by atoms with E-state index in [1.165, 1.54) is 6.07 Å². The highest BCUT2D eigenvalue weighted by molar-refractivity contribution is 6.32. The van der Waals surface area contributed by atoms with Crippen LogP contribution in [0.15, 0.2) is 24.3 Å². The molecule has 1 aromatic rings. The van der Waals surface area contributed by atoms with Crippen molar-refractivity contribution in [2.75, 3.05) is 32.7 Å². The molecule has 1 N–H and O–H groups in total. The SMILES string of the molecule is Fc1cccc(Cl)c1/C=C/CN1CCCNCC1. The van der Waals surface area contributed by atoms with Crippen LogP contribution >= 0.6 is 11.6 Å². The van der Waals surface area contributed by atoms with Gasteiger partial charge in [0.25, 0.3) is 0 Å². The van der Waals surface area contributed by atoms with E-state index < -0.39 is 0 Å². The van der Waals surface area contributed by atoms with Crippen LogP contribution in [0.3, 0.4) is 0 Å². The molecule has 0 spiro atoms. The van der Waals surface area contributed by atoms with Gasteiger partial charge in [-0.15, -0.1) is 0 Å². The first-order chi connectivity index (χ1) is 8.77. The Hall–Kier alpha value is -0.900. The zero-order valence-electron chi connectivity index (χ0n) is 10.3. The second kappa shape index (κ2) is 6.88. The molecule has 1 saturated heterocycles. The minimum absolute atomic E-state index is 0.267. The summed E-state index contributed by atoms with van der Waals surface area (Å²) in [4.78, 5) is 2.35. The Labute approximate surface area is 112 Å². The topological polar surface area (TPSA) is 15.3 Å². The fourth-order valence-electron chi connectivity index (χ4n) is 2.07. The molecule has 1 fully saturated rings. The van der Waals surface area contributed by atoms with E-state index >= 15 is 0 Å². The van der Waals surface area contributed by atoms with Crippen LogP contribution in [-0.4, -0.2) is 37.6 Å². The van der Waals surface area contributed by atoms with Crippen LogP contribution < -0.4 is 5.32 Å². The van der Waals surface area contributed by atoms with Crippen LogP contribution in [0, 0.1) is 5.82 Å². The van der Waals surface area contributed by atoms with Gasteiger partial charge in [0.15, 0.2) is 0 Å². The summed E-state index contributed by atoms with van der Waals surface area (Å²) in [5.74, 6) is -0.267. The third-order valence-corrected chi connectivity index (χ3v) is 3.41. The van der Waals surface area contributed by atoms with Crippen LogP contribution in [0.1, 0.15) is 12.0 Å². The maximum atomic E-state index is 13.5. The normalized spacial score (nSPS) is 18.1. The molecule has 1 heterocycles. The molecule has 2 rings (SSSR count). The van der Waals surface area contributed by atoms with Gasteiger partial charge in [0.05, 0.1) is 5.02 Å². The predicted molar refractivity (Wildman–Crippen MR) is 74.4 cm³/mol. The van der Waals surface area contributed by atoms with Crippen molar-refractivity contribution >= 4 is 17.7 Å². The zero-order valence-corrected chi connectivity index (χ0v) is 11.1. The molecule has 1 aromatic carbocycles. The molecule has 0 bridgehead atoms. The maximum absolute atomic E-state index is 13.5. The van der Waals surface area contributed by atoms with E-state index in [-0.39, 0.29) is 5.82 Å². The van der Waals surface area contributed by atoms with E-state index in [0.717, 1.165) is 39.1 Å². The number of hydrogen-bond donors (Lipinski definition) is 1. The van der Waals surface area contributed by atoms with Gasteiger partial charge < -0.3 is 5.32 Å². The standard InChI is InChI=1S/C14H18ClFN2/c15-13-5-1-6-14(16)12(13)4-2-9-18-10-3-7-17-8-11-18/h1-2,4-6,17H,3,7-11H2/b4-2+. The Bertz CT molecular complexity index is 392. The quantitative estimate of drug-likeness (QED) is 0.907. The molecule has 0 aliphatic carbocycles. The number of benzene rings is 1. The van der Waals surface area contributed by atoms with Crippen LogP contribution in [0.5, 0.6) is 0 Å². The summed E-state index contributed by atoms with van der Waals surface area (Å²) < 4.78 is 13.5. The molecule has 18 heavy (non-hydrogen) atoms. The third-order valence-electron chi connectivity index (χ3n) is 3.08. The van der Waals surface area contributed by atoms with E-state index in [9.17, 15) is 4.39 Å². The van der Waals surface area contributed by atoms with E-state index in [4.69, 9.17) is 11.6 Å². The Balaban J connectivity index is 1.94. The van der Waals surface area contributed by atoms with E-state index in [1.54, 1.807) is 18.2 Å². The average molecular weight is 269 g/mol. The van der Waals surface area contributed by atoms with E-state index in [0.29, 0.717) is 10.6 Å². The number of rotatable bonds is 3. The summed E-state index contributed by atoms with van der Waals surface area (Å²) in [7, 11) is 0. The number of nitrogens with one attached hydrogen (secondary N) is 1. The molecule has 0 radical (unpaired) electrons. The molecule has 0 atom stereocenters. The van der Waals surface area contributed by atoms with Gasteiger partial charge in [-0.1, -0.05) is 29.8 Å². The van der Waals surface area contributed by atoms with Crippen molar-refractivity contribution < 1.29 is 4.39 Å². The van der Waals surface area contributed by atoms with Gasteiger partial charge in [-0.2, -0.15) is 0 Å². The molecule has 1 aliphatic heterocycles. The lowest BCUT2D eigenvalue weighted by Crippen LogP contribution is -2.28. The van der Waals surface area contributed by atoms with Crippen molar-refractivity contribution in [1.29, 1.82) is 0 Å². The first kappa shape index (κ1) is 13.5. The smallest absolute Gasteiger partial charge is 0.131 e. The van der Waals surface area contributed by atoms with Crippen LogP contribution in [0.25, 0.3) is 6.08 Å². The number of hydrogen-bond acceptors (Lipinski definition) is 2. The lowest BCUT2D eigenvalue weighted by molar-refractivity contribution is 0.324. The summed E-state index contributed by atoms with van der Waals surface area (Å²) in [6, 6.07) is 4.76. The summed E-state index contributed by atoms with van der Waals surface area (Å²) >= 11 is 5.96. The van der Waals surface area contributed by atoms with Crippen molar-refractivity contribution in [1.82, 2.24) is 10.2 Å². The second-order valence-corrected chi connectivity index (χ2v) is 4.85. The lowest BCUT2D eigenvalue weighted by atomic mass is 10.2. The van der Waals surface area contributed by atoms with Crippen molar-refractivity contribution in [3.63, 3.8) is 0 Å². The summed E-state index contributed by atoms with van der Waals surface area (Å²) in [5, 5.41) is 3.82. The Kier molecular flexibility index (Phi) is 5.17. The van der Waals surface area contributed by atoms with Gasteiger partial charge in [0.2, 0.25) is 0 Å². The zero-order chi connectivity index (χ0) is 12.8. The highest BCUT2D eigenvalue weighted by Crippen LogP contribution is 2.20. The molecule has 0 aromatic heterocycles. The van der Waals surface area contributed by atoms with Crippen LogP contribution in [-0.2, 0) is 0 Å². The number of halogens is 2. The summed E-state index contributed by atoms with van der Waals surface area (Å²) in [6.45, 7) is 5.07. The Morgan fingerprint density at radius 1 is 1.33 bits per heavy atom. The summed E-state index contributed by atoms with van der Waals surface area (Å²) in [6.07, 6.45) is 4.92. The van der Waals surface area contributed by atoms with Gasteiger partial charge >= 0.3 is 0 Å². The fraction of sp³-hybridized carbons (Fsp3) is 0.429. The largest absolute Gasteiger partial charge is 0.315 e. The first-order valence-electron chi connectivity index (χ1n) is 6.31. The number of nitrogens with zero attached hydrogens (tertiary/aromatic N) is 1. The van der Waals surface area contributed by atoms with Gasteiger partial charge in [-0.25, -0.2) is 4.39 Å².